The van der Waals surface area contributed by atoms with Crippen molar-refractivity contribution in [2.75, 3.05) is 33.4 Å². The third-order valence-corrected chi connectivity index (χ3v) is 4.52. The summed E-state index contributed by atoms with van der Waals surface area (Å²) in [4.78, 5) is 16.8. The van der Waals surface area contributed by atoms with Gasteiger partial charge in [-0.3, -0.25) is 4.79 Å². The summed E-state index contributed by atoms with van der Waals surface area (Å²) in [7, 11) is 1.65. The van der Waals surface area contributed by atoms with Crippen LogP contribution in [-0.4, -0.2) is 45.3 Å². The maximum atomic E-state index is 12.1. The molecule has 0 bridgehead atoms. The molecule has 0 aromatic heterocycles. The Morgan fingerprint density at radius 1 is 0.938 bits per heavy atom. The number of guanidine groups is 1. The second kappa shape index (κ2) is 17.3. The van der Waals surface area contributed by atoms with Crippen molar-refractivity contribution in [3.8, 4) is 5.75 Å². The summed E-state index contributed by atoms with van der Waals surface area (Å²) in [5.74, 6) is 1.51. The molecule has 32 heavy (non-hydrogen) atoms. The number of benzene rings is 2. The standard InChI is InChI=1S/C24H34N4O3.HI/c1-3-31-17-7-15-25-24(28-19-21-10-12-22(30-2)13-11-21)26-16-14-23(29)27-18-20-8-5-4-6-9-20;/h4-6,8-13H,3,7,14-19H2,1-2H3,(H,27,29)(H2,25,26,28);1H. The fourth-order valence-electron chi connectivity index (χ4n) is 2.78. The van der Waals surface area contributed by atoms with Crippen molar-refractivity contribution in [2.45, 2.75) is 32.9 Å². The Labute approximate surface area is 208 Å². The number of carbonyl (C=O) groups is 1. The molecule has 0 radical (unpaired) electrons. The molecule has 0 heterocycles. The van der Waals surface area contributed by atoms with Crippen molar-refractivity contribution in [2.24, 2.45) is 4.99 Å². The van der Waals surface area contributed by atoms with Crippen LogP contribution in [0.25, 0.3) is 0 Å². The van der Waals surface area contributed by atoms with Crippen LogP contribution in [-0.2, 0) is 22.6 Å². The molecule has 0 aliphatic rings. The van der Waals surface area contributed by atoms with E-state index in [1.54, 1.807) is 7.11 Å². The first-order chi connectivity index (χ1) is 15.2. The van der Waals surface area contributed by atoms with E-state index in [9.17, 15) is 4.79 Å². The van der Waals surface area contributed by atoms with Crippen LogP contribution in [0, 0.1) is 0 Å². The van der Waals surface area contributed by atoms with Crippen LogP contribution in [0.15, 0.2) is 59.6 Å². The zero-order valence-corrected chi connectivity index (χ0v) is 21.3. The lowest BCUT2D eigenvalue weighted by atomic mass is 10.2. The van der Waals surface area contributed by atoms with Crippen LogP contribution in [0.1, 0.15) is 30.9 Å². The number of rotatable bonds is 13. The molecular formula is C24H35IN4O3. The lowest BCUT2D eigenvalue weighted by Gasteiger charge is -2.13. The third-order valence-electron chi connectivity index (χ3n) is 4.52. The van der Waals surface area contributed by atoms with E-state index >= 15 is 0 Å². The van der Waals surface area contributed by atoms with E-state index in [2.05, 4.69) is 20.9 Å². The number of nitrogens with one attached hydrogen (secondary N) is 3. The van der Waals surface area contributed by atoms with Crippen molar-refractivity contribution in [1.29, 1.82) is 0 Å². The van der Waals surface area contributed by atoms with Gasteiger partial charge in [0.2, 0.25) is 5.91 Å². The van der Waals surface area contributed by atoms with E-state index in [4.69, 9.17) is 9.47 Å². The number of hydrogen-bond donors (Lipinski definition) is 3. The first kappa shape index (κ1) is 27.7. The second-order valence-electron chi connectivity index (χ2n) is 6.93. The highest BCUT2D eigenvalue weighted by Gasteiger charge is 2.04. The Bertz CT molecular complexity index is 786. The van der Waals surface area contributed by atoms with Crippen LogP contribution in [0.5, 0.6) is 5.75 Å². The van der Waals surface area contributed by atoms with Gasteiger partial charge < -0.3 is 25.4 Å². The van der Waals surface area contributed by atoms with Gasteiger partial charge in [0, 0.05) is 39.3 Å². The topological polar surface area (TPSA) is 84.0 Å². The highest BCUT2D eigenvalue weighted by atomic mass is 127. The summed E-state index contributed by atoms with van der Waals surface area (Å²) in [6.45, 7) is 5.72. The summed E-state index contributed by atoms with van der Waals surface area (Å²) in [5.41, 5.74) is 2.17. The van der Waals surface area contributed by atoms with Gasteiger partial charge >= 0.3 is 0 Å². The number of methoxy groups -OCH3 is 1. The third kappa shape index (κ3) is 11.9. The molecule has 0 fully saturated rings. The summed E-state index contributed by atoms with van der Waals surface area (Å²) in [5, 5.41) is 9.49. The molecule has 8 heteroatoms. The maximum Gasteiger partial charge on any atom is 0.222 e. The van der Waals surface area contributed by atoms with Crippen LogP contribution in [0.2, 0.25) is 0 Å². The van der Waals surface area contributed by atoms with Crippen LogP contribution < -0.4 is 20.7 Å². The molecule has 2 aromatic rings. The van der Waals surface area contributed by atoms with Crippen LogP contribution in [0.3, 0.4) is 0 Å². The normalized spacial score (nSPS) is 10.8. The van der Waals surface area contributed by atoms with E-state index in [-0.39, 0.29) is 29.9 Å². The lowest BCUT2D eigenvalue weighted by molar-refractivity contribution is -0.121. The van der Waals surface area contributed by atoms with Gasteiger partial charge in [-0.2, -0.15) is 0 Å². The molecular weight excluding hydrogens is 519 g/mol. The first-order valence-electron chi connectivity index (χ1n) is 10.7. The first-order valence-corrected chi connectivity index (χ1v) is 10.7. The van der Waals surface area contributed by atoms with E-state index in [1.165, 1.54) is 0 Å². The molecule has 0 spiro atoms. The SMILES string of the molecule is CCOCCCNC(=NCc1ccc(OC)cc1)NCCC(=O)NCc1ccccc1.I. The monoisotopic (exact) mass is 554 g/mol. The van der Waals surface area contributed by atoms with E-state index in [0.29, 0.717) is 38.6 Å². The minimum Gasteiger partial charge on any atom is -0.497 e. The number of carbonyl (C=O) groups excluding carboxylic acids is 1. The summed E-state index contributed by atoms with van der Waals surface area (Å²) in [6, 6.07) is 17.7. The lowest BCUT2D eigenvalue weighted by Crippen LogP contribution is -2.40. The average molecular weight is 554 g/mol. The molecule has 0 aliphatic heterocycles. The predicted octanol–water partition coefficient (Wildman–Crippen LogP) is 3.48. The Morgan fingerprint density at radius 3 is 2.34 bits per heavy atom. The molecule has 0 aliphatic carbocycles. The average Bonchev–Trinajstić information content (AvgIpc) is 2.81. The van der Waals surface area contributed by atoms with Crippen LogP contribution in [0.4, 0.5) is 0 Å². The number of amides is 1. The summed E-state index contributed by atoms with van der Waals surface area (Å²) < 4.78 is 10.6. The molecule has 1 amide bonds. The van der Waals surface area contributed by atoms with Gasteiger partial charge in [0.1, 0.15) is 5.75 Å². The number of nitrogens with zero attached hydrogens (tertiary/aromatic N) is 1. The predicted molar refractivity (Wildman–Crippen MR) is 140 cm³/mol. The number of hydrogen-bond acceptors (Lipinski definition) is 4. The zero-order valence-electron chi connectivity index (χ0n) is 18.9. The maximum absolute atomic E-state index is 12.1. The zero-order chi connectivity index (χ0) is 22.2. The minimum atomic E-state index is 0. The highest BCUT2D eigenvalue weighted by Crippen LogP contribution is 2.11. The van der Waals surface area contributed by atoms with Crippen molar-refractivity contribution < 1.29 is 14.3 Å². The quantitative estimate of drug-likeness (QED) is 0.153. The van der Waals surface area contributed by atoms with Gasteiger partial charge in [-0.15, -0.1) is 24.0 Å². The fraction of sp³-hybridized carbons (Fsp3) is 0.417. The summed E-state index contributed by atoms with van der Waals surface area (Å²) >= 11 is 0. The van der Waals surface area contributed by atoms with E-state index in [1.807, 2.05) is 61.5 Å². The Balaban J connectivity index is 0.00000512. The fourth-order valence-corrected chi connectivity index (χ4v) is 2.78. The molecule has 0 saturated heterocycles. The molecule has 0 unspecified atom stereocenters. The van der Waals surface area contributed by atoms with Gasteiger partial charge in [-0.05, 0) is 36.6 Å². The molecule has 2 rings (SSSR count). The molecule has 176 valence electrons. The van der Waals surface area contributed by atoms with E-state index < -0.39 is 0 Å². The number of aliphatic imine (C=N–C) groups is 1. The van der Waals surface area contributed by atoms with Gasteiger partial charge in [0.15, 0.2) is 5.96 Å². The van der Waals surface area contributed by atoms with Gasteiger partial charge in [-0.1, -0.05) is 42.5 Å². The molecule has 3 N–H and O–H groups in total. The Kier molecular flexibility index (Phi) is 14.9. The molecule has 0 atom stereocenters. The van der Waals surface area contributed by atoms with Crippen LogP contribution >= 0.6 is 24.0 Å². The van der Waals surface area contributed by atoms with Gasteiger partial charge in [-0.25, -0.2) is 4.99 Å². The van der Waals surface area contributed by atoms with Crippen molar-refractivity contribution in [3.05, 3.63) is 65.7 Å². The molecule has 0 saturated carbocycles. The molecule has 2 aromatic carbocycles. The van der Waals surface area contributed by atoms with Crippen molar-refractivity contribution in [1.82, 2.24) is 16.0 Å². The number of halogens is 1. The Morgan fingerprint density at radius 2 is 1.66 bits per heavy atom. The minimum absolute atomic E-state index is 0. The molecule has 7 nitrogen and oxygen atoms in total. The number of ether oxygens (including phenoxy) is 2. The summed E-state index contributed by atoms with van der Waals surface area (Å²) in [6.07, 6.45) is 1.25. The highest BCUT2D eigenvalue weighted by molar-refractivity contribution is 14.0. The van der Waals surface area contributed by atoms with E-state index in [0.717, 1.165) is 36.4 Å². The van der Waals surface area contributed by atoms with Crippen molar-refractivity contribution >= 4 is 35.8 Å². The smallest absolute Gasteiger partial charge is 0.222 e. The Hall–Kier alpha value is -2.33. The van der Waals surface area contributed by atoms with Crippen molar-refractivity contribution in [3.63, 3.8) is 0 Å². The van der Waals surface area contributed by atoms with Gasteiger partial charge in [0.25, 0.3) is 0 Å². The van der Waals surface area contributed by atoms with Gasteiger partial charge in [0.05, 0.1) is 13.7 Å². The largest absolute Gasteiger partial charge is 0.497 e. The second-order valence-corrected chi connectivity index (χ2v) is 6.93.